The second kappa shape index (κ2) is 13.9. The molecule has 1 aliphatic carbocycles. The van der Waals surface area contributed by atoms with Gasteiger partial charge < -0.3 is 4.57 Å². The van der Waals surface area contributed by atoms with Gasteiger partial charge in [-0.25, -0.2) is 4.98 Å². The van der Waals surface area contributed by atoms with Crippen LogP contribution >= 0.6 is 0 Å². The van der Waals surface area contributed by atoms with E-state index in [1.54, 1.807) is 0 Å². The number of rotatable bonds is 5. The van der Waals surface area contributed by atoms with Crippen molar-refractivity contribution in [3.8, 4) is 61.5 Å². The lowest BCUT2D eigenvalue weighted by atomic mass is 9.81. The molecule has 300 valence electrons. The van der Waals surface area contributed by atoms with Crippen LogP contribution in [0.15, 0.2) is 212 Å². The molecule has 0 saturated carbocycles. The first-order valence-corrected chi connectivity index (χ1v) is 22.1. The minimum absolute atomic E-state index is 0.205. The van der Waals surface area contributed by atoms with Gasteiger partial charge in [0.15, 0.2) is 0 Å². The Morgan fingerprint density at radius 3 is 1.50 bits per heavy atom. The molecular formula is C61H41N3. The summed E-state index contributed by atoms with van der Waals surface area (Å²) < 4.78 is 2.39. The Kier molecular flexibility index (Phi) is 7.95. The van der Waals surface area contributed by atoms with Gasteiger partial charge in [-0.15, -0.1) is 0 Å². The van der Waals surface area contributed by atoms with Crippen molar-refractivity contribution in [2.24, 2.45) is 0 Å². The molecule has 0 atom stereocenters. The zero-order valence-electron chi connectivity index (χ0n) is 35.5. The topological polar surface area (TPSA) is 30.7 Å². The Morgan fingerprint density at radius 2 is 0.844 bits per heavy atom. The summed E-state index contributed by atoms with van der Waals surface area (Å²) in [6.45, 7) is 4.71. The van der Waals surface area contributed by atoms with Gasteiger partial charge in [0.1, 0.15) is 0 Å². The molecule has 3 heteroatoms. The van der Waals surface area contributed by atoms with Crippen molar-refractivity contribution in [1.29, 1.82) is 0 Å². The van der Waals surface area contributed by atoms with E-state index in [-0.39, 0.29) is 5.41 Å². The summed E-state index contributed by atoms with van der Waals surface area (Å²) in [5.74, 6) is 0. The monoisotopic (exact) mass is 815 g/mol. The fourth-order valence-corrected chi connectivity index (χ4v) is 10.6. The molecule has 1 aliphatic rings. The van der Waals surface area contributed by atoms with E-state index in [0.717, 1.165) is 33.1 Å². The molecule has 0 aliphatic heterocycles. The maximum Gasteiger partial charge on any atom is 0.0979 e. The van der Waals surface area contributed by atoms with E-state index in [0.29, 0.717) is 0 Å². The predicted molar refractivity (Wildman–Crippen MR) is 268 cm³/mol. The van der Waals surface area contributed by atoms with Crippen LogP contribution in [0.5, 0.6) is 0 Å². The zero-order chi connectivity index (χ0) is 42.5. The average Bonchev–Trinajstić information content (AvgIpc) is 3.81. The highest BCUT2D eigenvalue weighted by atomic mass is 15.0. The molecule has 0 saturated heterocycles. The molecule has 13 rings (SSSR count). The third-order valence-corrected chi connectivity index (χ3v) is 13.8. The minimum atomic E-state index is -0.205. The summed E-state index contributed by atoms with van der Waals surface area (Å²) in [4.78, 5) is 10.4. The van der Waals surface area contributed by atoms with Crippen LogP contribution in [0.4, 0.5) is 0 Å². The molecule has 3 nitrogen and oxygen atoms in total. The predicted octanol–water partition coefficient (Wildman–Crippen LogP) is 16.0. The first-order valence-electron chi connectivity index (χ1n) is 22.1. The van der Waals surface area contributed by atoms with Crippen molar-refractivity contribution in [2.45, 2.75) is 19.3 Å². The van der Waals surface area contributed by atoms with E-state index in [1.165, 1.54) is 93.9 Å². The number of hydrogen-bond donors (Lipinski definition) is 0. The van der Waals surface area contributed by atoms with Crippen LogP contribution in [-0.2, 0) is 5.41 Å². The van der Waals surface area contributed by atoms with Crippen molar-refractivity contribution in [2.75, 3.05) is 0 Å². The normalized spacial score (nSPS) is 13.0. The van der Waals surface area contributed by atoms with Crippen molar-refractivity contribution in [3.05, 3.63) is 224 Å². The third-order valence-electron chi connectivity index (χ3n) is 13.8. The van der Waals surface area contributed by atoms with Crippen molar-refractivity contribution < 1.29 is 0 Å². The van der Waals surface area contributed by atoms with Gasteiger partial charge in [-0.3, -0.25) is 4.98 Å². The summed E-state index contributed by atoms with van der Waals surface area (Å²) in [5, 5.41) is 7.20. The maximum atomic E-state index is 5.33. The molecule has 0 unspecified atom stereocenters. The Bertz CT molecular complexity index is 3840. The molecule has 0 amide bonds. The van der Waals surface area contributed by atoms with E-state index in [4.69, 9.17) is 9.97 Å². The van der Waals surface area contributed by atoms with E-state index >= 15 is 0 Å². The highest BCUT2D eigenvalue weighted by Gasteiger charge is 2.36. The average molecular weight is 816 g/mol. The highest BCUT2D eigenvalue weighted by molar-refractivity contribution is 6.23. The molecule has 0 fully saturated rings. The SMILES string of the molecule is CC1(C)c2cc(-c3cccc(-c4cccc(-c5ccc6c7ccccc7n(-c7ccccc7)c6c5)c4)c3)ccc2-c2ccc(-c3cnc4c5ccccc5c5ccccc5c4n3)cc21. The third kappa shape index (κ3) is 5.54. The molecule has 0 bridgehead atoms. The number of hydrogen-bond acceptors (Lipinski definition) is 2. The van der Waals surface area contributed by atoms with Gasteiger partial charge in [-0.2, -0.15) is 0 Å². The molecule has 0 radical (unpaired) electrons. The first-order chi connectivity index (χ1) is 31.5. The smallest absolute Gasteiger partial charge is 0.0979 e. The van der Waals surface area contributed by atoms with Gasteiger partial charge in [0.05, 0.1) is 34.0 Å². The lowest BCUT2D eigenvalue weighted by Crippen LogP contribution is -2.15. The number of nitrogens with zero attached hydrogens (tertiary/aromatic N) is 3. The number of aromatic nitrogens is 3. The summed E-state index contributed by atoms with van der Waals surface area (Å²) in [6.07, 6.45) is 1.95. The Morgan fingerprint density at radius 1 is 0.359 bits per heavy atom. The van der Waals surface area contributed by atoms with Gasteiger partial charge >= 0.3 is 0 Å². The second-order valence-electron chi connectivity index (χ2n) is 17.8. The molecule has 2 aromatic heterocycles. The first kappa shape index (κ1) is 36.5. The van der Waals surface area contributed by atoms with Crippen molar-refractivity contribution >= 4 is 54.4 Å². The summed E-state index contributed by atoms with van der Waals surface area (Å²) >= 11 is 0. The van der Waals surface area contributed by atoms with Crippen LogP contribution < -0.4 is 0 Å². The van der Waals surface area contributed by atoms with E-state index in [2.05, 4.69) is 225 Å². The van der Waals surface area contributed by atoms with Gasteiger partial charge in [0.2, 0.25) is 0 Å². The van der Waals surface area contributed by atoms with E-state index < -0.39 is 0 Å². The Labute approximate surface area is 371 Å². The van der Waals surface area contributed by atoms with Crippen LogP contribution in [0.25, 0.3) is 116 Å². The van der Waals surface area contributed by atoms with E-state index in [1.807, 2.05) is 6.20 Å². The molecule has 64 heavy (non-hydrogen) atoms. The van der Waals surface area contributed by atoms with Crippen molar-refractivity contribution in [3.63, 3.8) is 0 Å². The van der Waals surface area contributed by atoms with Gasteiger partial charge in [-0.05, 0) is 115 Å². The fraction of sp³-hybridized carbons (Fsp3) is 0.0492. The van der Waals surface area contributed by atoms with Crippen LogP contribution in [0.1, 0.15) is 25.0 Å². The lowest BCUT2D eigenvalue weighted by Gasteiger charge is -2.22. The molecular weight excluding hydrogens is 775 g/mol. The Balaban J connectivity index is 0.837. The molecule has 2 heterocycles. The summed E-state index contributed by atoms with van der Waals surface area (Å²) in [7, 11) is 0. The number of para-hydroxylation sites is 2. The largest absolute Gasteiger partial charge is 0.309 e. The molecule has 0 N–H and O–H groups in total. The highest BCUT2D eigenvalue weighted by Crippen LogP contribution is 2.51. The quantitative estimate of drug-likeness (QED) is 0.162. The molecule has 10 aromatic carbocycles. The van der Waals surface area contributed by atoms with Crippen LogP contribution in [-0.4, -0.2) is 14.5 Å². The van der Waals surface area contributed by atoms with Crippen molar-refractivity contribution in [1.82, 2.24) is 14.5 Å². The van der Waals surface area contributed by atoms with Crippen LogP contribution in [0, 0.1) is 0 Å². The number of fused-ring (bicyclic) bond motifs is 12. The minimum Gasteiger partial charge on any atom is -0.309 e. The van der Waals surface area contributed by atoms with E-state index in [9.17, 15) is 0 Å². The standard InChI is InChI=1S/C61H41N3/c1-61(2)54-34-42(26-29-48(54)49-30-28-44(35-55(49)61)56-37-62-59-52-23-8-6-20-46(52)47-21-7-9-24-53(47)60(59)63-56)40-16-12-14-38(32-40)39-15-13-17-41(33-39)43-27-31-51-50-22-10-11-25-57(50)64(58(51)36-43)45-18-4-3-5-19-45/h3-37H,1-2H3. The lowest BCUT2D eigenvalue weighted by molar-refractivity contribution is 0.661. The molecule has 0 spiro atoms. The van der Waals surface area contributed by atoms with Gasteiger partial charge in [0.25, 0.3) is 0 Å². The number of benzene rings is 10. The van der Waals surface area contributed by atoms with Crippen LogP contribution in [0.2, 0.25) is 0 Å². The Hall–Kier alpha value is -8.14. The zero-order valence-corrected chi connectivity index (χ0v) is 35.5. The van der Waals surface area contributed by atoms with Crippen LogP contribution in [0.3, 0.4) is 0 Å². The van der Waals surface area contributed by atoms with Gasteiger partial charge in [0, 0.05) is 38.2 Å². The van der Waals surface area contributed by atoms with Gasteiger partial charge in [-0.1, -0.05) is 172 Å². The summed E-state index contributed by atoms with van der Waals surface area (Å²) in [5.41, 5.74) is 19.7. The second-order valence-corrected chi connectivity index (χ2v) is 17.8. The summed E-state index contributed by atoms with van der Waals surface area (Å²) in [6, 6.07) is 75.2. The fourth-order valence-electron chi connectivity index (χ4n) is 10.6. The molecule has 12 aromatic rings. The maximum absolute atomic E-state index is 5.33.